The number of nitrogens with zero attached hydrogens (tertiary/aromatic N) is 8. The summed E-state index contributed by atoms with van der Waals surface area (Å²) >= 11 is 0. The standard InChI is InChI=1S/C17H27FN8/c1-23(2)11-14-21-22-15(25(14)5)12-7-6-8-26(10-12)17-19-9-13(18)16(20-17)24(3)4/h9,12H,6-8,10-11H2,1-5H3/t12-/m0/s1. The summed E-state index contributed by atoms with van der Waals surface area (Å²) in [5.74, 6) is 2.67. The van der Waals surface area contributed by atoms with Crippen molar-refractivity contribution in [2.75, 3.05) is 51.1 Å². The van der Waals surface area contributed by atoms with E-state index in [1.54, 1.807) is 19.0 Å². The summed E-state index contributed by atoms with van der Waals surface area (Å²) in [7, 11) is 9.61. The summed E-state index contributed by atoms with van der Waals surface area (Å²) in [6.07, 6.45) is 3.31. The fourth-order valence-electron chi connectivity index (χ4n) is 3.34. The average molecular weight is 362 g/mol. The van der Waals surface area contributed by atoms with Gasteiger partial charge in [0, 0.05) is 40.2 Å². The van der Waals surface area contributed by atoms with Crippen LogP contribution in [-0.4, -0.2) is 70.9 Å². The normalized spacial score (nSPS) is 17.8. The number of rotatable bonds is 5. The van der Waals surface area contributed by atoms with E-state index in [1.807, 2.05) is 21.1 Å². The number of halogens is 1. The Hall–Kier alpha value is -2.29. The summed E-state index contributed by atoms with van der Waals surface area (Å²) in [5.41, 5.74) is 0. The number of hydrogen-bond donors (Lipinski definition) is 0. The molecule has 0 spiro atoms. The molecule has 0 radical (unpaired) electrons. The minimum atomic E-state index is -0.408. The highest BCUT2D eigenvalue weighted by Crippen LogP contribution is 2.28. The molecule has 1 saturated heterocycles. The Morgan fingerprint density at radius 3 is 2.69 bits per heavy atom. The predicted molar refractivity (Wildman–Crippen MR) is 98.9 cm³/mol. The van der Waals surface area contributed by atoms with Gasteiger partial charge in [-0.15, -0.1) is 10.2 Å². The van der Waals surface area contributed by atoms with Gasteiger partial charge in [0.2, 0.25) is 5.95 Å². The van der Waals surface area contributed by atoms with Crippen molar-refractivity contribution in [1.29, 1.82) is 0 Å². The van der Waals surface area contributed by atoms with Crippen LogP contribution in [0.4, 0.5) is 16.2 Å². The van der Waals surface area contributed by atoms with E-state index in [1.165, 1.54) is 6.20 Å². The molecule has 8 nitrogen and oxygen atoms in total. The van der Waals surface area contributed by atoms with Crippen molar-refractivity contribution in [3.8, 4) is 0 Å². The molecular weight excluding hydrogens is 335 g/mol. The molecule has 2 aromatic rings. The Balaban J connectivity index is 1.80. The number of anilines is 2. The van der Waals surface area contributed by atoms with E-state index in [0.29, 0.717) is 11.8 Å². The van der Waals surface area contributed by atoms with E-state index in [0.717, 1.165) is 44.1 Å². The van der Waals surface area contributed by atoms with Gasteiger partial charge < -0.3 is 19.3 Å². The van der Waals surface area contributed by atoms with Gasteiger partial charge >= 0.3 is 0 Å². The Labute approximate surface area is 153 Å². The molecule has 0 unspecified atom stereocenters. The highest BCUT2D eigenvalue weighted by Gasteiger charge is 2.28. The molecule has 2 aromatic heterocycles. The molecule has 1 fully saturated rings. The summed E-state index contributed by atoms with van der Waals surface area (Å²) in [6.45, 7) is 2.37. The molecule has 1 aliphatic rings. The van der Waals surface area contributed by atoms with E-state index >= 15 is 0 Å². The zero-order chi connectivity index (χ0) is 18.8. The van der Waals surface area contributed by atoms with Crippen molar-refractivity contribution < 1.29 is 4.39 Å². The maximum Gasteiger partial charge on any atom is 0.227 e. The first-order valence-corrected chi connectivity index (χ1v) is 8.84. The predicted octanol–water partition coefficient (Wildman–Crippen LogP) is 1.26. The largest absolute Gasteiger partial charge is 0.360 e. The van der Waals surface area contributed by atoms with E-state index in [9.17, 15) is 4.39 Å². The SMILES string of the molecule is CN(C)Cc1nnc([C@H]2CCCN(c3ncc(F)c(N(C)C)n3)C2)n1C. The molecule has 1 atom stereocenters. The van der Waals surface area contributed by atoms with Crippen molar-refractivity contribution in [2.24, 2.45) is 7.05 Å². The van der Waals surface area contributed by atoms with E-state index in [-0.39, 0.29) is 5.92 Å². The fourth-order valence-corrected chi connectivity index (χ4v) is 3.34. The van der Waals surface area contributed by atoms with E-state index in [4.69, 9.17) is 0 Å². The molecular formula is C17H27FN8. The van der Waals surface area contributed by atoms with Crippen molar-refractivity contribution in [3.05, 3.63) is 23.7 Å². The van der Waals surface area contributed by atoms with Gasteiger partial charge in [-0.3, -0.25) is 0 Å². The second-order valence-corrected chi connectivity index (χ2v) is 7.29. The maximum absolute atomic E-state index is 13.9. The van der Waals surface area contributed by atoms with Crippen molar-refractivity contribution in [2.45, 2.75) is 25.3 Å². The molecule has 142 valence electrons. The van der Waals surface area contributed by atoms with Crippen LogP contribution in [-0.2, 0) is 13.6 Å². The Bertz CT molecular complexity index is 757. The summed E-state index contributed by atoms with van der Waals surface area (Å²) in [5, 5.41) is 8.77. The summed E-state index contributed by atoms with van der Waals surface area (Å²) < 4.78 is 16.0. The van der Waals surface area contributed by atoms with Crippen LogP contribution in [0.1, 0.15) is 30.4 Å². The average Bonchev–Trinajstić information content (AvgIpc) is 2.95. The first-order chi connectivity index (χ1) is 12.4. The third-order valence-electron chi connectivity index (χ3n) is 4.66. The van der Waals surface area contributed by atoms with Crippen molar-refractivity contribution in [3.63, 3.8) is 0 Å². The van der Waals surface area contributed by atoms with Crippen molar-refractivity contribution >= 4 is 11.8 Å². The summed E-state index contributed by atoms with van der Waals surface area (Å²) in [6, 6.07) is 0. The lowest BCUT2D eigenvalue weighted by atomic mass is 9.97. The van der Waals surface area contributed by atoms with Gasteiger partial charge in [-0.2, -0.15) is 4.98 Å². The summed E-state index contributed by atoms with van der Waals surface area (Å²) in [4.78, 5) is 14.5. The molecule has 1 aliphatic heterocycles. The van der Waals surface area contributed by atoms with Gasteiger partial charge in [0.15, 0.2) is 11.6 Å². The molecule has 0 amide bonds. The van der Waals surface area contributed by atoms with Crippen molar-refractivity contribution in [1.82, 2.24) is 29.6 Å². The highest BCUT2D eigenvalue weighted by atomic mass is 19.1. The Kier molecular flexibility index (Phi) is 5.36. The Morgan fingerprint density at radius 2 is 2.00 bits per heavy atom. The minimum Gasteiger partial charge on any atom is -0.360 e. The van der Waals surface area contributed by atoms with Crippen LogP contribution in [0.5, 0.6) is 0 Å². The lowest BCUT2D eigenvalue weighted by Crippen LogP contribution is -2.36. The first-order valence-electron chi connectivity index (χ1n) is 8.84. The molecule has 3 rings (SSSR count). The number of hydrogen-bond acceptors (Lipinski definition) is 7. The van der Waals surface area contributed by atoms with Gasteiger partial charge in [0.25, 0.3) is 0 Å². The van der Waals surface area contributed by atoms with Crippen LogP contribution in [0.3, 0.4) is 0 Å². The zero-order valence-electron chi connectivity index (χ0n) is 16.1. The van der Waals surface area contributed by atoms with Crippen LogP contribution < -0.4 is 9.80 Å². The number of aromatic nitrogens is 5. The fraction of sp³-hybridized carbons (Fsp3) is 0.647. The van der Waals surface area contributed by atoms with Crippen LogP contribution in [0, 0.1) is 5.82 Å². The van der Waals surface area contributed by atoms with Crippen LogP contribution in [0.15, 0.2) is 6.20 Å². The van der Waals surface area contributed by atoms with Gasteiger partial charge in [-0.1, -0.05) is 0 Å². The molecule has 0 bridgehead atoms. The molecule has 9 heteroatoms. The lowest BCUT2D eigenvalue weighted by molar-refractivity contribution is 0.382. The quantitative estimate of drug-likeness (QED) is 0.793. The van der Waals surface area contributed by atoms with Crippen LogP contribution in [0.2, 0.25) is 0 Å². The topological polar surface area (TPSA) is 66.2 Å². The van der Waals surface area contributed by atoms with Gasteiger partial charge in [-0.25, -0.2) is 9.37 Å². The molecule has 0 saturated carbocycles. The second-order valence-electron chi connectivity index (χ2n) is 7.29. The third-order valence-corrected chi connectivity index (χ3v) is 4.66. The number of piperidine rings is 1. The zero-order valence-corrected chi connectivity index (χ0v) is 16.1. The molecule has 0 aliphatic carbocycles. The smallest absolute Gasteiger partial charge is 0.227 e. The third kappa shape index (κ3) is 3.77. The monoisotopic (exact) mass is 362 g/mol. The first kappa shape index (κ1) is 18.5. The van der Waals surface area contributed by atoms with Gasteiger partial charge in [-0.05, 0) is 26.9 Å². The van der Waals surface area contributed by atoms with Gasteiger partial charge in [0.1, 0.15) is 11.6 Å². The van der Waals surface area contributed by atoms with E-state index in [2.05, 4.69) is 34.5 Å². The Morgan fingerprint density at radius 1 is 1.23 bits per heavy atom. The van der Waals surface area contributed by atoms with Crippen LogP contribution in [0.25, 0.3) is 0 Å². The minimum absolute atomic E-state index is 0.258. The molecule has 26 heavy (non-hydrogen) atoms. The second kappa shape index (κ2) is 7.53. The van der Waals surface area contributed by atoms with Gasteiger partial charge in [0.05, 0.1) is 12.7 Å². The maximum atomic E-state index is 13.9. The lowest BCUT2D eigenvalue weighted by Gasteiger charge is -2.32. The molecule has 0 N–H and O–H groups in total. The highest BCUT2D eigenvalue weighted by molar-refractivity contribution is 5.44. The van der Waals surface area contributed by atoms with E-state index < -0.39 is 5.82 Å². The molecule has 3 heterocycles. The molecule has 0 aromatic carbocycles. The van der Waals surface area contributed by atoms with Crippen LogP contribution >= 0.6 is 0 Å².